The molecule has 14 heavy (non-hydrogen) atoms. The number of thiophene rings is 1. The fourth-order valence-electron chi connectivity index (χ4n) is 1.40. The molecule has 0 unspecified atom stereocenters. The lowest BCUT2D eigenvalue weighted by Crippen LogP contribution is -1.90. The van der Waals surface area contributed by atoms with E-state index >= 15 is 0 Å². The number of rotatable bonds is 2. The van der Waals surface area contributed by atoms with Crippen LogP contribution >= 0.6 is 49.9 Å². The van der Waals surface area contributed by atoms with E-state index in [-0.39, 0.29) is 6.61 Å². The maximum atomic E-state index is 9.22. The molecule has 2 aromatic rings. The van der Waals surface area contributed by atoms with Crippen molar-refractivity contribution in [2.24, 2.45) is 0 Å². The predicted molar refractivity (Wildman–Crippen MR) is 73.1 cm³/mol. The summed E-state index contributed by atoms with van der Waals surface area (Å²) in [5.74, 6) is 0. The smallest absolute Gasteiger partial charge is 0.0685 e. The molecular formula is C10H8BrIOS. The van der Waals surface area contributed by atoms with Gasteiger partial charge in [0.2, 0.25) is 0 Å². The second-order valence-electron chi connectivity index (χ2n) is 2.99. The van der Waals surface area contributed by atoms with E-state index in [1.54, 1.807) is 11.3 Å². The van der Waals surface area contributed by atoms with Gasteiger partial charge in [0, 0.05) is 24.4 Å². The maximum Gasteiger partial charge on any atom is 0.0685 e. The second kappa shape index (κ2) is 4.47. The van der Waals surface area contributed by atoms with Crippen LogP contribution in [0.25, 0.3) is 10.1 Å². The van der Waals surface area contributed by atoms with Gasteiger partial charge < -0.3 is 5.11 Å². The first kappa shape index (κ1) is 10.9. The Labute approximate surface area is 108 Å². The zero-order chi connectivity index (χ0) is 10.1. The van der Waals surface area contributed by atoms with Gasteiger partial charge in [0.25, 0.3) is 0 Å². The molecule has 0 radical (unpaired) electrons. The van der Waals surface area contributed by atoms with Crippen LogP contribution in [0.15, 0.2) is 17.5 Å². The van der Waals surface area contributed by atoms with E-state index in [4.69, 9.17) is 0 Å². The molecule has 0 amide bonds. The Bertz CT molecular complexity index is 466. The fraction of sp³-hybridized carbons (Fsp3) is 0.200. The molecule has 1 N–H and O–H groups in total. The summed E-state index contributed by atoms with van der Waals surface area (Å²) in [5.41, 5.74) is 2.20. The minimum atomic E-state index is 0.114. The van der Waals surface area contributed by atoms with E-state index in [1.807, 2.05) is 0 Å². The van der Waals surface area contributed by atoms with Crippen LogP contribution in [-0.2, 0) is 11.9 Å². The molecule has 0 bridgehead atoms. The lowest BCUT2D eigenvalue weighted by molar-refractivity contribution is 0.281. The molecular weight excluding hydrogens is 375 g/mol. The first-order chi connectivity index (χ1) is 6.76. The van der Waals surface area contributed by atoms with Gasteiger partial charge in [-0.1, -0.05) is 15.9 Å². The minimum absolute atomic E-state index is 0.114. The van der Waals surface area contributed by atoms with Gasteiger partial charge in [-0.3, -0.25) is 0 Å². The molecule has 0 spiro atoms. The molecule has 0 aliphatic rings. The normalized spacial score (nSPS) is 11.1. The standard InChI is InChI=1S/C10H8BrIOS/c11-3-6-2-10-8(1-7(6)4-13)9(12)5-14-10/h1-2,5,13H,3-4H2. The van der Waals surface area contributed by atoms with Gasteiger partial charge in [0.15, 0.2) is 0 Å². The number of fused-ring (bicyclic) bond motifs is 1. The molecule has 1 nitrogen and oxygen atoms in total. The summed E-state index contributed by atoms with van der Waals surface area (Å²) in [5, 5.41) is 13.4. The molecule has 0 saturated carbocycles. The Morgan fingerprint density at radius 3 is 2.79 bits per heavy atom. The van der Waals surface area contributed by atoms with Gasteiger partial charge in [0.05, 0.1) is 6.61 Å². The van der Waals surface area contributed by atoms with Crippen molar-refractivity contribution >= 4 is 59.9 Å². The number of alkyl halides is 1. The zero-order valence-corrected chi connectivity index (χ0v) is 11.8. The van der Waals surface area contributed by atoms with Gasteiger partial charge >= 0.3 is 0 Å². The molecule has 2 rings (SSSR count). The van der Waals surface area contributed by atoms with Crippen molar-refractivity contribution in [3.63, 3.8) is 0 Å². The number of benzene rings is 1. The summed E-state index contributed by atoms with van der Waals surface area (Å²) in [6.07, 6.45) is 0. The lowest BCUT2D eigenvalue weighted by atomic mass is 10.1. The van der Waals surface area contributed by atoms with Crippen molar-refractivity contribution in [2.45, 2.75) is 11.9 Å². The van der Waals surface area contributed by atoms with Crippen molar-refractivity contribution in [1.29, 1.82) is 0 Å². The van der Waals surface area contributed by atoms with E-state index in [2.05, 4.69) is 56.0 Å². The molecule has 0 saturated heterocycles. The van der Waals surface area contributed by atoms with Crippen LogP contribution in [0.5, 0.6) is 0 Å². The number of halogens is 2. The third-order valence-electron chi connectivity index (χ3n) is 2.16. The van der Waals surface area contributed by atoms with E-state index < -0.39 is 0 Å². The van der Waals surface area contributed by atoms with Crippen LogP contribution in [0.2, 0.25) is 0 Å². The number of hydrogen-bond donors (Lipinski definition) is 1. The monoisotopic (exact) mass is 382 g/mol. The molecule has 1 aromatic carbocycles. The maximum absolute atomic E-state index is 9.22. The summed E-state index contributed by atoms with van der Waals surface area (Å²) < 4.78 is 2.56. The number of aliphatic hydroxyl groups excluding tert-OH is 1. The topological polar surface area (TPSA) is 20.2 Å². The average molecular weight is 383 g/mol. The first-order valence-electron chi connectivity index (χ1n) is 4.11. The molecule has 0 atom stereocenters. The van der Waals surface area contributed by atoms with Gasteiger partial charge in [0.1, 0.15) is 0 Å². The van der Waals surface area contributed by atoms with Crippen molar-refractivity contribution in [3.8, 4) is 0 Å². The molecule has 4 heteroatoms. The highest BCUT2D eigenvalue weighted by molar-refractivity contribution is 14.1. The van der Waals surface area contributed by atoms with E-state index in [1.165, 1.54) is 19.2 Å². The SMILES string of the molecule is OCc1cc2c(I)csc2cc1CBr. The third-order valence-corrected chi connectivity index (χ3v) is 5.03. The predicted octanol–water partition coefficient (Wildman–Crippen LogP) is 3.89. The molecule has 0 aliphatic carbocycles. The van der Waals surface area contributed by atoms with Gasteiger partial charge in [-0.05, 0) is 45.9 Å². The second-order valence-corrected chi connectivity index (χ2v) is 5.63. The van der Waals surface area contributed by atoms with Crippen LogP contribution in [0.4, 0.5) is 0 Å². The Morgan fingerprint density at radius 2 is 2.14 bits per heavy atom. The van der Waals surface area contributed by atoms with Crippen LogP contribution < -0.4 is 0 Å². The highest BCUT2D eigenvalue weighted by atomic mass is 127. The Morgan fingerprint density at radius 1 is 1.36 bits per heavy atom. The molecule has 0 fully saturated rings. The zero-order valence-electron chi connectivity index (χ0n) is 7.26. The Hall–Kier alpha value is 0.350. The quantitative estimate of drug-likeness (QED) is 0.617. The molecule has 1 aromatic heterocycles. The van der Waals surface area contributed by atoms with Crippen LogP contribution in [0.3, 0.4) is 0 Å². The number of hydrogen-bond acceptors (Lipinski definition) is 2. The van der Waals surface area contributed by atoms with E-state index in [0.717, 1.165) is 10.9 Å². The van der Waals surface area contributed by atoms with Crippen LogP contribution in [-0.4, -0.2) is 5.11 Å². The molecule has 74 valence electrons. The van der Waals surface area contributed by atoms with Gasteiger partial charge in [-0.2, -0.15) is 0 Å². The summed E-state index contributed by atoms with van der Waals surface area (Å²) in [6, 6.07) is 4.24. The number of aliphatic hydroxyl groups is 1. The Balaban J connectivity index is 2.71. The minimum Gasteiger partial charge on any atom is -0.392 e. The summed E-state index contributed by atoms with van der Waals surface area (Å²) in [6.45, 7) is 0.114. The van der Waals surface area contributed by atoms with Crippen molar-refractivity contribution in [1.82, 2.24) is 0 Å². The molecule has 0 aliphatic heterocycles. The lowest BCUT2D eigenvalue weighted by Gasteiger charge is -2.04. The average Bonchev–Trinajstić information content (AvgIpc) is 2.58. The first-order valence-corrected chi connectivity index (χ1v) is 7.19. The van der Waals surface area contributed by atoms with Crippen molar-refractivity contribution < 1.29 is 5.11 Å². The van der Waals surface area contributed by atoms with Crippen molar-refractivity contribution in [2.75, 3.05) is 0 Å². The van der Waals surface area contributed by atoms with Gasteiger partial charge in [-0.25, -0.2) is 0 Å². The summed E-state index contributed by atoms with van der Waals surface area (Å²) >= 11 is 7.51. The summed E-state index contributed by atoms with van der Waals surface area (Å²) in [7, 11) is 0. The Kier molecular flexibility index (Phi) is 3.46. The summed E-state index contributed by atoms with van der Waals surface area (Å²) in [4.78, 5) is 0. The largest absolute Gasteiger partial charge is 0.392 e. The highest BCUT2D eigenvalue weighted by Gasteiger charge is 2.07. The highest BCUT2D eigenvalue weighted by Crippen LogP contribution is 2.30. The van der Waals surface area contributed by atoms with Gasteiger partial charge in [-0.15, -0.1) is 11.3 Å². The van der Waals surface area contributed by atoms with E-state index in [9.17, 15) is 5.11 Å². The van der Waals surface area contributed by atoms with Crippen molar-refractivity contribution in [3.05, 3.63) is 32.2 Å². The fourth-order valence-corrected chi connectivity index (χ4v) is 3.80. The van der Waals surface area contributed by atoms with Crippen LogP contribution in [0, 0.1) is 3.57 Å². The van der Waals surface area contributed by atoms with E-state index in [0.29, 0.717) is 0 Å². The third kappa shape index (κ3) is 1.85. The van der Waals surface area contributed by atoms with Crippen LogP contribution in [0.1, 0.15) is 11.1 Å². The molecule has 1 heterocycles.